The lowest BCUT2D eigenvalue weighted by Crippen LogP contribution is -2.40. The highest BCUT2D eigenvalue weighted by molar-refractivity contribution is 14.0. The molecule has 0 heterocycles. The maximum atomic E-state index is 11.6. The molecule has 1 atom stereocenters. The Morgan fingerprint density at radius 3 is 2.28 bits per heavy atom. The third-order valence-corrected chi connectivity index (χ3v) is 3.89. The lowest BCUT2D eigenvalue weighted by molar-refractivity contribution is 0.0527. The monoisotopic (exact) mass is 519 g/mol. The van der Waals surface area contributed by atoms with Crippen LogP contribution >= 0.6 is 24.0 Å². The standard InChI is InChI=1S/C21H37N5O2.HI/c1-7-22-19(23-14-11-15-24-20(27)28-21(2,3)4)25-16-18(26(5)6)17-12-9-8-10-13-17;/h8-10,12-13,18H,7,11,14-16H2,1-6H3,(H,24,27)(H2,22,23,25);1H. The number of hydrogen-bond donors (Lipinski definition) is 3. The Morgan fingerprint density at radius 1 is 1.10 bits per heavy atom. The summed E-state index contributed by atoms with van der Waals surface area (Å²) in [6, 6.07) is 10.6. The van der Waals surface area contributed by atoms with Crippen LogP contribution < -0.4 is 16.0 Å². The van der Waals surface area contributed by atoms with Gasteiger partial charge in [-0.3, -0.25) is 4.99 Å². The number of carbonyl (C=O) groups excluding carboxylic acids is 1. The van der Waals surface area contributed by atoms with Crippen molar-refractivity contribution >= 4 is 36.0 Å². The van der Waals surface area contributed by atoms with Crippen LogP contribution in [0.2, 0.25) is 0 Å². The first-order valence-electron chi connectivity index (χ1n) is 9.93. The van der Waals surface area contributed by atoms with Gasteiger partial charge >= 0.3 is 6.09 Å². The van der Waals surface area contributed by atoms with Crippen molar-refractivity contribution in [1.82, 2.24) is 20.9 Å². The number of rotatable bonds is 9. The zero-order chi connectivity index (χ0) is 21.0. The average molecular weight is 519 g/mol. The van der Waals surface area contributed by atoms with Gasteiger partial charge in [-0.15, -0.1) is 24.0 Å². The number of ether oxygens (including phenoxy) is 1. The maximum absolute atomic E-state index is 11.6. The van der Waals surface area contributed by atoms with E-state index in [9.17, 15) is 4.79 Å². The molecule has 8 heteroatoms. The molecule has 0 saturated carbocycles. The molecule has 1 aromatic rings. The normalized spacial score (nSPS) is 12.7. The van der Waals surface area contributed by atoms with Crippen molar-refractivity contribution in [3.63, 3.8) is 0 Å². The number of guanidine groups is 1. The van der Waals surface area contributed by atoms with Gasteiger partial charge in [0.15, 0.2) is 5.96 Å². The molecule has 1 rings (SSSR count). The van der Waals surface area contributed by atoms with Crippen molar-refractivity contribution in [2.24, 2.45) is 4.99 Å². The minimum atomic E-state index is -0.477. The van der Waals surface area contributed by atoms with Crippen LogP contribution in [0.15, 0.2) is 35.3 Å². The molecule has 1 amide bonds. The lowest BCUT2D eigenvalue weighted by atomic mass is 10.1. The first-order valence-corrected chi connectivity index (χ1v) is 9.93. The molecule has 0 radical (unpaired) electrons. The Bertz CT molecular complexity index is 603. The Kier molecular flexibility index (Phi) is 13.7. The topological polar surface area (TPSA) is 78.0 Å². The summed E-state index contributed by atoms with van der Waals surface area (Å²) in [5.74, 6) is 0.780. The van der Waals surface area contributed by atoms with Crippen molar-refractivity contribution in [3.05, 3.63) is 35.9 Å². The van der Waals surface area contributed by atoms with E-state index in [4.69, 9.17) is 9.73 Å². The number of nitrogens with zero attached hydrogens (tertiary/aromatic N) is 2. The number of alkyl carbamates (subject to hydrolysis) is 1. The number of halogens is 1. The van der Waals surface area contributed by atoms with E-state index < -0.39 is 5.60 Å². The van der Waals surface area contributed by atoms with Gasteiger partial charge in [0.1, 0.15) is 5.60 Å². The summed E-state index contributed by atoms with van der Waals surface area (Å²) in [7, 11) is 4.13. The maximum Gasteiger partial charge on any atom is 0.407 e. The lowest BCUT2D eigenvalue weighted by Gasteiger charge is -2.23. The molecule has 0 aromatic heterocycles. The van der Waals surface area contributed by atoms with E-state index in [1.54, 1.807) is 0 Å². The van der Waals surface area contributed by atoms with Gasteiger partial charge in [-0.2, -0.15) is 0 Å². The second kappa shape index (κ2) is 14.4. The molecule has 0 fully saturated rings. The summed E-state index contributed by atoms with van der Waals surface area (Å²) >= 11 is 0. The van der Waals surface area contributed by atoms with Gasteiger partial charge in [0.2, 0.25) is 0 Å². The summed E-state index contributed by atoms with van der Waals surface area (Å²) in [5, 5.41) is 9.35. The molecule has 7 nitrogen and oxygen atoms in total. The molecule has 0 saturated heterocycles. The quantitative estimate of drug-likeness (QED) is 0.202. The molecule has 0 aliphatic carbocycles. The molecule has 0 spiro atoms. The van der Waals surface area contributed by atoms with Crippen LogP contribution in [0.4, 0.5) is 4.79 Å². The van der Waals surface area contributed by atoms with Gasteiger partial charge in [-0.25, -0.2) is 4.79 Å². The molecule has 29 heavy (non-hydrogen) atoms. The summed E-state index contributed by atoms with van der Waals surface area (Å²) < 4.78 is 5.22. The first-order chi connectivity index (χ1) is 13.2. The summed E-state index contributed by atoms with van der Waals surface area (Å²) in [6.07, 6.45) is 0.393. The van der Waals surface area contributed by atoms with Gasteiger partial charge in [-0.1, -0.05) is 30.3 Å². The van der Waals surface area contributed by atoms with Crippen molar-refractivity contribution < 1.29 is 9.53 Å². The van der Waals surface area contributed by atoms with E-state index in [2.05, 4.69) is 59.2 Å². The molecular weight excluding hydrogens is 481 g/mol. The van der Waals surface area contributed by atoms with Crippen LogP contribution in [-0.4, -0.2) is 62.8 Å². The van der Waals surface area contributed by atoms with Crippen LogP contribution in [0.3, 0.4) is 0 Å². The Labute approximate surface area is 193 Å². The van der Waals surface area contributed by atoms with E-state index >= 15 is 0 Å². The second-order valence-corrected chi connectivity index (χ2v) is 7.82. The van der Waals surface area contributed by atoms with Gasteiger partial charge < -0.3 is 25.6 Å². The molecular formula is C21H38IN5O2. The number of hydrogen-bond acceptors (Lipinski definition) is 4. The highest BCUT2D eigenvalue weighted by atomic mass is 127. The predicted molar refractivity (Wildman–Crippen MR) is 131 cm³/mol. The highest BCUT2D eigenvalue weighted by Crippen LogP contribution is 2.17. The first kappa shape index (κ1) is 27.5. The summed E-state index contributed by atoms with van der Waals surface area (Å²) in [4.78, 5) is 18.5. The Morgan fingerprint density at radius 2 is 1.72 bits per heavy atom. The van der Waals surface area contributed by atoms with Gasteiger partial charge in [-0.05, 0) is 53.8 Å². The SMILES string of the molecule is CCNC(=NCC(c1ccccc1)N(C)C)NCCCNC(=O)OC(C)(C)C.I. The van der Waals surface area contributed by atoms with E-state index in [-0.39, 0.29) is 36.1 Å². The number of nitrogens with one attached hydrogen (secondary N) is 3. The third-order valence-electron chi connectivity index (χ3n) is 3.89. The van der Waals surface area contributed by atoms with Crippen molar-refractivity contribution in [3.8, 4) is 0 Å². The van der Waals surface area contributed by atoms with Crippen molar-refractivity contribution in [2.45, 2.75) is 45.8 Å². The zero-order valence-electron chi connectivity index (χ0n) is 18.6. The number of likely N-dealkylation sites (N-methyl/N-ethyl adjacent to an activating group) is 1. The van der Waals surface area contributed by atoms with Crippen LogP contribution in [0.25, 0.3) is 0 Å². The van der Waals surface area contributed by atoms with Gasteiger partial charge in [0, 0.05) is 19.6 Å². The van der Waals surface area contributed by atoms with Gasteiger partial charge in [0.25, 0.3) is 0 Å². The predicted octanol–water partition coefficient (Wildman–Crippen LogP) is 3.38. The molecule has 166 valence electrons. The van der Waals surface area contributed by atoms with E-state index in [1.807, 2.05) is 33.8 Å². The molecule has 0 bridgehead atoms. The van der Waals surface area contributed by atoms with Crippen LogP contribution in [0.5, 0.6) is 0 Å². The smallest absolute Gasteiger partial charge is 0.407 e. The number of amides is 1. The number of carbonyl (C=O) groups is 1. The van der Waals surface area contributed by atoms with E-state index in [1.165, 1.54) is 5.56 Å². The summed E-state index contributed by atoms with van der Waals surface area (Å²) in [5.41, 5.74) is 0.767. The second-order valence-electron chi connectivity index (χ2n) is 7.82. The minimum absolute atomic E-state index is 0. The van der Waals surface area contributed by atoms with Crippen LogP contribution in [-0.2, 0) is 4.74 Å². The molecule has 0 aliphatic heterocycles. The van der Waals surface area contributed by atoms with Crippen molar-refractivity contribution in [2.75, 3.05) is 40.3 Å². The van der Waals surface area contributed by atoms with Crippen LogP contribution in [0.1, 0.15) is 45.7 Å². The van der Waals surface area contributed by atoms with E-state index in [0.29, 0.717) is 19.6 Å². The summed E-state index contributed by atoms with van der Waals surface area (Å²) in [6.45, 7) is 10.3. The van der Waals surface area contributed by atoms with Crippen LogP contribution in [0, 0.1) is 0 Å². The number of benzene rings is 1. The minimum Gasteiger partial charge on any atom is -0.444 e. The fraction of sp³-hybridized carbons (Fsp3) is 0.619. The molecule has 3 N–H and O–H groups in total. The van der Waals surface area contributed by atoms with Gasteiger partial charge in [0.05, 0.1) is 12.6 Å². The Hall–Kier alpha value is -1.55. The average Bonchev–Trinajstić information content (AvgIpc) is 2.60. The molecule has 1 unspecified atom stereocenters. The largest absolute Gasteiger partial charge is 0.444 e. The molecule has 1 aromatic carbocycles. The Balaban J connectivity index is 0.00000784. The third kappa shape index (κ3) is 12.6. The van der Waals surface area contributed by atoms with E-state index in [0.717, 1.165) is 18.9 Å². The number of aliphatic imine (C=N–C) groups is 1. The fourth-order valence-corrected chi connectivity index (χ4v) is 2.56. The van der Waals surface area contributed by atoms with Crippen molar-refractivity contribution in [1.29, 1.82) is 0 Å². The fourth-order valence-electron chi connectivity index (χ4n) is 2.56. The zero-order valence-corrected chi connectivity index (χ0v) is 20.9. The highest BCUT2D eigenvalue weighted by Gasteiger charge is 2.15. The molecule has 0 aliphatic rings.